The van der Waals surface area contributed by atoms with Crippen LogP contribution in [0.3, 0.4) is 0 Å². The molecule has 0 N–H and O–H groups in total. The van der Waals surface area contributed by atoms with Gasteiger partial charge in [0.05, 0.1) is 0 Å². The summed E-state index contributed by atoms with van der Waals surface area (Å²) in [6, 6.07) is 18.4. The Balaban J connectivity index is 1.42. The molecule has 2 saturated heterocycles. The average Bonchev–Trinajstić information content (AvgIpc) is 3.20. The standard InChI is InChI=1S/C26H25ClFN3O/c27-24-4-2-1-3-20(24)15-30-14-11-25-23(16-30)22(18-5-7-21(28)8-6-18)17-31(25)26(32)19-9-12-29-13-10-19/h1-10,12-13,22-23,25H,11,14-17H2/t22-,23-,25-/m0/s1. The van der Waals surface area contributed by atoms with Crippen LogP contribution in [0.4, 0.5) is 4.39 Å². The van der Waals surface area contributed by atoms with Gasteiger partial charge in [0, 0.05) is 67.0 Å². The molecule has 2 fully saturated rings. The van der Waals surface area contributed by atoms with Crippen molar-refractivity contribution in [3.8, 4) is 0 Å². The van der Waals surface area contributed by atoms with Crippen LogP contribution < -0.4 is 0 Å². The summed E-state index contributed by atoms with van der Waals surface area (Å²) in [6.07, 6.45) is 4.22. The van der Waals surface area contributed by atoms with Gasteiger partial charge < -0.3 is 4.90 Å². The van der Waals surface area contributed by atoms with Crippen LogP contribution in [0.5, 0.6) is 0 Å². The number of aromatic nitrogens is 1. The van der Waals surface area contributed by atoms with Gasteiger partial charge in [0.15, 0.2) is 0 Å². The summed E-state index contributed by atoms with van der Waals surface area (Å²) in [4.78, 5) is 21.9. The van der Waals surface area contributed by atoms with E-state index >= 15 is 0 Å². The van der Waals surface area contributed by atoms with Gasteiger partial charge in [-0.15, -0.1) is 0 Å². The van der Waals surface area contributed by atoms with Crippen LogP contribution in [0.1, 0.15) is 33.8 Å². The first-order valence-electron chi connectivity index (χ1n) is 11.0. The fraction of sp³-hybridized carbons (Fsp3) is 0.308. The molecule has 0 aliphatic carbocycles. The van der Waals surface area contributed by atoms with Crippen molar-refractivity contribution >= 4 is 17.5 Å². The summed E-state index contributed by atoms with van der Waals surface area (Å²) < 4.78 is 13.6. The normalized spacial score (nSPS) is 23.2. The quantitative estimate of drug-likeness (QED) is 0.562. The molecular weight excluding hydrogens is 425 g/mol. The molecule has 0 radical (unpaired) electrons. The number of rotatable bonds is 4. The van der Waals surface area contributed by atoms with Crippen LogP contribution in [0.2, 0.25) is 5.02 Å². The van der Waals surface area contributed by atoms with Crippen molar-refractivity contribution in [1.29, 1.82) is 0 Å². The maximum absolute atomic E-state index is 13.6. The number of pyridine rings is 1. The van der Waals surface area contributed by atoms with Crippen LogP contribution in [0.25, 0.3) is 0 Å². The minimum atomic E-state index is -0.239. The second-order valence-electron chi connectivity index (χ2n) is 8.70. The highest BCUT2D eigenvalue weighted by atomic mass is 35.5. The maximum Gasteiger partial charge on any atom is 0.254 e. The smallest absolute Gasteiger partial charge is 0.254 e. The van der Waals surface area contributed by atoms with E-state index in [-0.39, 0.29) is 29.6 Å². The molecule has 0 unspecified atom stereocenters. The van der Waals surface area contributed by atoms with Crippen molar-refractivity contribution in [3.05, 3.63) is 101 Å². The lowest BCUT2D eigenvalue weighted by Crippen LogP contribution is -2.47. The number of piperidine rings is 1. The fourth-order valence-corrected chi connectivity index (χ4v) is 5.47. The molecule has 0 saturated carbocycles. The Labute approximate surface area is 192 Å². The van der Waals surface area contributed by atoms with E-state index in [0.717, 1.165) is 42.2 Å². The molecule has 3 heterocycles. The summed E-state index contributed by atoms with van der Waals surface area (Å²) in [5, 5.41) is 0.783. The van der Waals surface area contributed by atoms with Gasteiger partial charge in [0.2, 0.25) is 0 Å². The summed E-state index contributed by atoms with van der Waals surface area (Å²) in [6.45, 7) is 3.21. The molecule has 1 amide bonds. The van der Waals surface area contributed by atoms with Crippen LogP contribution in [0.15, 0.2) is 73.1 Å². The lowest BCUT2D eigenvalue weighted by molar-refractivity contribution is 0.0614. The monoisotopic (exact) mass is 449 g/mol. The molecule has 32 heavy (non-hydrogen) atoms. The SMILES string of the molecule is O=C(c1ccncc1)N1C[C@@H](c2ccc(F)cc2)[C@@H]2CN(Cc3ccccc3Cl)CC[C@@H]21. The molecule has 2 aliphatic heterocycles. The lowest BCUT2D eigenvalue weighted by atomic mass is 9.81. The largest absolute Gasteiger partial charge is 0.335 e. The van der Waals surface area contributed by atoms with E-state index in [4.69, 9.17) is 11.6 Å². The van der Waals surface area contributed by atoms with Gasteiger partial charge in [-0.1, -0.05) is 41.9 Å². The van der Waals surface area contributed by atoms with Gasteiger partial charge >= 0.3 is 0 Å². The zero-order valence-corrected chi connectivity index (χ0v) is 18.5. The Morgan fingerprint density at radius 1 is 1.03 bits per heavy atom. The molecular formula is C26H25ClFN3O. The Bertz CT molecular complexity index is 1090. The summed E-state index contributed by atoms with van der Waals surface area (Å²) in [7, 11) is 0. The highest BCUT2D eigenvalue weighted by Crippen LogP contribution is 2.42. The minimum absolute atomic E-state index is 0.0477. The first-order valence-corrected chi connectivity index (χ1v) is 11.4. The number of halogens is 2. The first-order chi connectivity index (χ1) is 15.6. The number of carbonyl (C=O) groups excluding carboxylic acids is 1. The second-order valence-corrected chi connectivity index (χ2v) is 9.11. The minimum Gasteiger partial charge on any atom is -0.335 e. The molecule has 4 nitrogen and oxygen atoms in total. The third-order valence-electron chi connectivity index (χ3n) is 6.85. The predicted molar refractivity (Wildman–Crippen MR) is 123 cm³/mol. The molecule has 3 atom stereocenters. The molecule has 6 heteroatoms. The first kappa shape index (κ1) is 21.1. The molecule has 3 aromatic rings. The molecule has 2 aliphatic rings. The van der Waals surface area contributed by atoms with E-state index < -0.39 is 0 Å². The fourth-order valence-electron chi connectivity index (χ4n) is 5.27. The number of hydrogen-bond donors (Lipinski definition) is 0. The molecule has 1 aromatic heterocycles. The summed E-state index contributed by atoms with van der Waals surface area (Å²) in [5.74, 6) is 0.256. The van der Waals surface area contributed by atoms with Gasteiger partial charge in [-0.05, 0) is 47.9 Å². The third-order valence-corrected chi connectivity index (χ3v) is 7.22. The lowest BCUT2D eigenvalue weighted by Gasteiger charge is -2.39. The van der Waals surface area contributed by atoms with E-state index in [2.05, 4.69) is 16.0 Å². The highest BCUT2D eigenvalue weighted by molar-refractivity contribution is 6.31. The number of likely N-dealkylation sites (tertiary alicyclic amines) is 2. The van der Waals surface area contributed by atoms with Gasteiger partial charge in [0.25, 0.3) is 5.91 Å². The Morgan fingerprint density at radius 2 is 1.78 bits per heavy atom. The topological polar surface area (TPSA) is 36.4 Å². The molecule has 0 spiro atoms. The maximum atomic E-state index is 13.6. The average molecular weight is 450 g/mol. The van der Waals surface area contributed by atoms with Gasteiger partial charge in [-0.25, -0.2) is 4.39 Å². The molecule has 2 aromatic carbocycles. The Kier molecular flexibility index (Phi) is 5.94. The van der Waals surface area contributed by atoms with Crippen molar-refractivity contribution < 1.29 is 9.18 Å². The van der Waals surface area contributed by atoms with Gasteiger partial charge in [-0.3, -0.25) is 14.7 Å². The van der Waals surface area contributed by atoms with E-state index in [9.17, 15) is 9.18 Å². The zero-order valence-electron chi connectivity index (χ0n) is 17.7. The van der Waals surface area contributed by atoms with Crippen molar-refractivity contribution in [2.45, 2.75) is 24.9 Å². The van der Waals surface area contributed by atoms with Crippen molar-refractivity contribution in [1.82, 2.24) is 14.8 Å². The Hall–Kier alpha value is -2.76. The van der Waals surface area contributed by atoms with Crippen LogP contribution in [0, 0.1) is 11.7 Å². The summed E-state index contributed by atoms with van der Waals surface area (Å²) in [5.41, 5.74) is 2.87. The molecule has 5 rings (SSSR count). The van der Waals surface area contributed by atoms with Crippen LogP contribution in [-0.2, 0) is 6.54 Å². The van der Waals surface area contributed by atoms with E-state index in [0.29, 0.717) is 12.1 Å². The van der Waals surface area contributed by atoms with Crippen molar-refractivity contribution in [2.75, 3.05) is 19.6 Å². The number of fused-ring (bicyclic) bond motifs is 1. The number of carbonyl (C=O) groups is 1. The van der Waals surface area contributed by atoms with Crippen LogP contribution in [-0.4, -0.2) is 46.4 Å². The number of amides is 1. The zero-order chi connectivity index (χ0) is 22.1. The molecule has 0 bridgehead atoms. The molecule has 164 valence electrons. The van der Waals surface area contributed by atoms with E-state index in [1.165, 1.54) is 12.1 Å². The number of hydrogen-bond acceptors (Lipinski definition) is 3. The van der Waals surface area contributed by atoms with Crippen molar-refractivity contribution in [2.24, 2.45) is 5.92 Å². The van der Waals surface area contributed by atoms with Crippen LogP contribution >= 0.6 is 11.6 Å². The number of nitrogens with zero attached hydrogens (tertiary/aromatic N) is 3. The third kappa shape index (κ3) is 4.15. The van der Waals surface area contributed by atoms with Gasteiger partial charge in [0.1, 0.15) is 5.82 Å². The van der Waals surface area contributed by atoms with Gasteiger partial charge in [-0.2, -0.15) is 0 Å². The predicted octanol–water partition coefficient (Wildman–Crippen LogP) is 5.00. The Morgan fingerprint density at radius 3 is 2.53 bits per heavy atom. The summed E-state index contributed by atoms with van der Waals surface area (Å²) >= 11 is 6.41. The van der Waals surface area contributed by atoms with E-state index in [1.54, 1.807) is 24.5 Å². The van der Waals surface area contributed by atoms with Crippen molar-refractivity contribution in [3.63, 3.8) is 0 Å². The highest BCUT2D eigenvalue weighted by Gasteiger charge is 2.47. The second kappa shape index (κ2) is 9.00. The van der Waals surface area contributed by atoms with E-state index in [1.807, 2.05) is 35.2 Å². The number of benzene rings is 2.